The summed E-state index contributed by atoms with van der Waals surface area (Å²) >= 11 is 0. The van der Waals surface area contributed by atoms with Crippen molar-refractivity contribution < 1.29 is 9.90 Å². The van der Waals surface area contributed by atoms with Crippen LogP contribution in [-0.4, -0.2) is 16.1 Å². The first-order valence-corrected chi connectivity index (χ1v) is 9.18. The van der Waals surface area contributed by atoms with Crippen LogP contribution in [0.1, 0.15) is 44.0 Å². The zero-order valence-electron chi connectivity index (χ0n) is 16.4. The standard InChI is InChI=1S/C24H24N2O2/c1-23(2,3)16-24(25,22(27)28)19-11-14-21-18(15-19)10-13-20(26-21)12-9-17-7-5-4-6-8-17/h4-8,10-11,13-15H,16,25H2,1-3H3,(H,27,28)/t24-/m1/s1. The van der Waals surface area contributed by atoms with Crippen LogP contribution in [0.2, 0.25) is 0 Å². The lowest BCUT2D eigenvalue weighted by Crippen LogP contribution is -2.47. The van der Waals surface area contributed by atoms with Gasteiger partial charge in [0.05, 0.1) is 5.52 Å². The van der Waals surface area contributed by atoms with Gasteiger partial charge < -0.3 is 10.8 Å². The first kappa shape index (κ1) is 19.6. The molecule has 0 radical (unpaired) electrons. The summed E-state index contributed by atoms with van der Waals surface area (Å²) in [6.45, 7) is 5.95. The molecule has 3 N–H and O–H groups in total. The fourth-order valence-corrected chi connectivity index (χ4v) is 3.27. The molecule has 3 aromatic rings. The highest BCUT2D eigenvalue weighted by Crippen LogP contribution is 2.34. The normalized spacial score (nSPS) is 13.4. The molecular weight excluding hydrogens is 348 g/mol. The molecule has 0 saturated heterocycles. The van der Waals surface area contributed by atoms with Crippen LogP contribution in [0.5, 0.6) is 0 Å². The SMILES string of the molecule is CC(C)(C)C[C@](N)(C(=O)O)c1ccc2nc(C#Cc3ccccc3)ccc2c1. The van der Waals surface area contributed by atoms with Crippen molar-refractivity contribution >= 4 is 16.9 Å². The maximum Gasteiger partial charge on any atom is 0.328 e. The maximum atomic E-state index is 12.0. The molecule has 0 amide bonds. The Morgan fingerprint density at radius 1 is 1.04 bits per heavy atom. The minimum Gasteiger partial charge on any atom is -0.480 e. The minimum atomic E-state index is -1.45. The summed E-state index contributed by atoms with van der Waals surface area (Å²) in [6.07, 6.45) is 0.328. The van der Waals surface area contributed by atoms with Crippen molar-refractivity contribution in [2.75, 3.05) is 0 Å². The van der Waals surface area contributed by atoms with E-state index in [4.69, 9.17) is 5.73 Å². The van der Waals surface area contributed by atoms with Gasteiger partial charge in [-0.15, -0.1) is 0 Å². The lowest BCUT2D eigenvalue weighted by Gasteiger charge is -2.32. The molecule has 3 rings (SSSR count). The molecule has 0 unspecified atom stereocenters. The van der Waals surface area contributed by atoms with E-state index in [0.717, 1.165) is 16.5 Å². The van der Waals surface area contributed by atoms with Crippen LogP contribution in [0.15, 0.2) is 60.7 Å². The van der Waals surface area contributed by atoms with Gasteiger partial charge in [-0.3, -0.25) is 0 Å². The molecule has 0 bridgehead atoms. The van der Waals surface area contributed by atoms with E-state index in [-0.39, 0.29) is 5.41 Å². The molecule has 2 aromatic carbocycles. The van der Waals surface area contributed by atoms with Gasteiger partial charge in [0.1, 0.15) is 11.2 Å². The Morgan fingerprint density at radius 3 is 2.39 bits per heavy atom. The minimum absolute atomic E-state index is 0.225. The van der Waals surface area contributed by atoms with E-state index < -0.39 is 11.5 Å². The third kappa shape index (κ3) is 4.39. The second-order valence-corrected chi connectivity index (χ2v) is 8.23. The van der Waals surface area contributed by atoms with E-state index in [2.05, 4.69) is 16.8 Å². The highest BCUT2D eigenvalue weighted by molar-refractivity contribution is 5.85. The van der Waals surface area contributed by atoms with Crippen LogP contribution in [0.25, 0.3) is 10.9 Å². The summed E-state index contributed by atoms with van der Waals surface area (Å²) in [6, 6.07) is 18.9. The van der Waals surface area contributed by atoms with Crippen LogP contribution in [0.3, 0.4) is 0 Å². The van der Waals surface area contributed by atoms with Crippen molar-refractivity contribution in [1.82, 2.24) is 4.98 Å². The number of pyridine rings is 1. The van der Waals surface area contributed by atoms with Crippen molar-refractivity contribution in [2.24, 2.45) is 11.1 Å². The Morgan fingerprint density at radius 2 is 1.75 bits per heavy atom. The summed E-state index contributed by atoms with van der Waals surface area (Å²) < 4.78 is 0. The number of carboxylic acid groups (broad SMARTS) is 1. The largest absolute Gasteiger partial charge is 0.480 e. The lowest BCUT2D eigenvalue weighted by molar-refractivity contribution is -0.145. The van der Waals surface area contributed by atoms with Crippen molar-refractivity contribution in [1.29, 1.82) is 0 Å². The van der Waals surface area contributed by atoms with Crippen LogP contribution in [0, 0.1) is 17.3 Å². The molecule has 1 atom stereocenters. The Labute approximate surface area is 165 Å². The second kappa shape index (κ2) is 7.46. The summed E-state index contributed by atoms with van der Waals surface area (Å²) in [5.41, 5.74) is 7.59. The molecule has 0 aliphatic heterocycles. The van der Waals surface area contributed by atoms with E-state index in [1.165, 1.54) is 0 Å². The zero-order chi connectivity index (χ0) is 20.4. The predicted octanol–water partition coefficient (Wildman–Crippen LogP) is 4.31. The number of aromatic nitrogens is 1. The van der Waals surface area contributed by atoms with Gasteiger partial charge in [0.15, 0.2) is 0 Å². The van der Waals surface area contributed by atoms with E-state index in [0.29, 0.717) is 17.7 Å². The Balaban J connectivity index is 1.97. The summed E-state index contributed by atoms with van der Waals surface area (Å²) in [5, 5.41) is 10.6. The lowest BCUT2D eigenvalue weighted by atomic mass is 9.76. The number of hydrogen-bond donors (Lipinski definition) is 2. The van der Waals surface area contributed by atoms with Crippen LogP contribution < -0.4 is 5.73 Å². The fraction of sp³-hybridized carbons (Fsp3) is 0.250. The van der Waals surface area contributed by atoms with E-state index >= 15 is 0 Å². The molecule has 1 aromatic heterocycles. The molecule has 0 saturated carbocycles. The van der Waals surface area contributed by atoms with Gasteiger partial charge in [0, 0.05) is 10.9 Å². The number of aliphatic carboxylic acids is 1. The first-order chi connectivity index (χ1) is 13.2. The molecule has 0 spiro atoms. The molecule has 4 nitrogen and oxygen atoms in total. The van der Waals surface area contributed by atoms with Gasteiger partial charge >= 0.3 is 5.97 Å². The highest BCUT2D eigenvalue weighted by atomic mass is 16.4. The van der Waals surface area contributed by atoms with Crippen molar-refractivity contribution in [3.63, 3.8) is 0 Å². The first-order valence-electron chi connectivity index (χ1n) is 9.18. The molecule has 4 heteroatoms. The van der Waals surface area contributed by atoms with Crippen LogP contribution in [0.4, 0.5) is 0 Å². The van der Waals surface area contributed by atoms with Gasteiger partial charge in [0.2, 0.25) is 0 Å². The van der Waals surface area contributed by atoms with E-state index in [9.17, 15) is 9.90 Å². The number of carboxylic acids is 1. The summed E-state index contributed by atoms with van der Waals surface area (Å²) in [7, 11) is 0. The number of rotatable bonds is 3. The second-order valence-electron chi connectivity index (χ2n) is 8.23. The van der Waals surface area contributed by atoms with Crippen molar-refractivity contribution in [2.45, 2.75) is 32.7 Å². The number of carbonyl (C=O) groups is 1. The van der Waals surface area contributed by atoms with Gasteiger partial charge in [-0.05, 0) is 59.7 Å². The predicted molar refractivity (Wildman–Crippen MR) is 112 cm³/mol. The fourth-order valence-electron chi connectivity index (χ4n) is 3.27. The van der Waals surface area contributed by atoms with E-state index in [1.807, 2.05) is 75.4 Å². The Kier molecular flexibility index (Phi) is 5.22. The number of benzene rings is 2. The maximum absolute atomic E-state index is 12.0. The monoisotopic (exact) mass is 372 g/mol. The number of nitrogens with zero attached hydrogens (tertiary/aromatic N) is 1. The highest BCUT2D eigenvalue weighted by Gasteiger charge is 2.39. The third-order valence-corrected chi connectivity index (χ3v) is 4.50. The Bertz CT molecular complexity index is 1070. The Hall–Kier alpha value is -3.16. The smallest absolute Gasteiger partial charge is 0.328 e. The molecule has 0 aliphatic rings. The zero-order valence-corrected chi connectivity index (χ0v) is 16.4. The molecular formula is C24H24N2O2. The third-order valence-electron chi connectivity index (χ3n) is 4.50. The van der Waals surface area contributed by atoms with Gasteiger partial charge in [-0.2, -0.15) is 0 Å². The quantitative estimate of drug-likeness (QED) is 0.672. The van der Waals surface area contributed by atoms with Gasteiger partial charge in [-0.1, -0.05) is 51.0 Å². The molecule has 0 fully saturated rings. The average Bonchev–Trinajstić information content (AvgIpc) is 2.65. The molecule has 28 heavy (non-hydrogen) atoms. The molecule has 142 valence electrons. The van der Waals surface area contributed by atoms with Crippen LogP contribution >= 0.6 is 0 Å². The summed E-state index contributed by atoms with van der Waals surface area (Å²) in [5.74, 6) is 5.13. The number of hydrogen-bond acceptors (Lipinski definition) is 3. The number of nitrogens with two attached hydrogens (primary N) is 1. The van der Waals surface area contributed by atoms with Crippen molar-refractivity contribution in [3.05, 3.63) is 77.5 Å². The van der Waals surface area contributed by atoms with E-state index in [1.54, 1.807) is 6.07 Å². The molecule has 0 aliphatic carbocycles. The van der Waals surface area contributed by atoms with Gasteiger partial charge in [0.25, 0.3) is 0 Å². The van der Waals surface area contributed by atoms with Crippen molar-refractivity contribution in [3.8, 4) is 11.8 Å². The van der Waals surface area contributed by atoms with Gasteiger partial charge in [-0.25, -0.2) is 9.78 Å². The number of fused-ring (bicyclic) bond motifs is 1. The van der Waals surface area contributed by atoms with Crippen LogP contribution in [-0.2, 0) is 10.3 Å². The topological polar surface area (TPSA) is 76.2 Å². The molecule has 1 heterocycles. The average molecular weight is 372 g/mol. The summed E-state index contributed by atoms with van der Waals surface area (Å²) in [4.78, 5) is 16.5.